The van der Waals surface area contributed by atoms with Crippen molar-refractivity contribution in [3.63, 3.8) is 0 Å². The summed E-state index contributed by atoms with van der Waals surface area (Å²) in [6.07, 6.45) is 0. The molecule has 0 atom stereocenters. The van der Waals surface area contributed by atoms with Gasteiger partial charge in [-0.2, -0.15) is 0 Å². The Balaban J connectivity index is 1.41. The number of aromatic nitrogens is 1. The fraction of sp³-hybridized carbons (Fsp3) is 0.438. The lowest BCUT2D eigenvalue weighted by molar-refractivity contribution is 0.0303. The maximum atomic E-state index is 13.6. The first-order valence-corrected chi connectivity index (χ1v) is 14.1. The molecule has 2 saturated heterocycles. The van der Waals surface area contributed by atoms with Crippen LogP contribution in [0.4, 0.5) is 23.0 Å². The zero-order valence-electron chi connectivity index (χ0n) is 24.4. The summed E-state index contributed by atoms with van der Waals surface area (Å²) in [6.45, 7) is 14.4. The predicted octanol–water partition coefficient (Wildman–Crippen LogP) is 5.24. The van der Waals surface area contributed by atoms with E-state index in [1.165, 1.54) is 11.3 Å². The number of nitrogens with zero attached hydrogens (tertiary/aromatic N) is 4. The molecule has 2 fully saturated rings. The van der Waals surface area contributed by atoms with Crippen LogP contribution in [-0.2, 0) is 10.2 Å². The number of nitrogens with one attached hydrogen (secondary N) is 1. The summed E-state index contributed by atoms with van der Waals surface area (Å²) in [5, 5.41) is 3.55. The Morgan fingerprint density at radius 1 is 0.900 bits per heavy atom. The average Bonchev–Trinajstić information content (AvgIpc) is 2.98. The Hall–Kier alpha value is -3.78. The molecule has 5 rings (SSSR count). The number of anilines is 4. The Kier molecular flexibility index (Phi) is 8.17. The zero-order chi connectivity index (χ0) is 28.3. The van der Waals surface area contributed by atoms with Gasteiger partial charge in [-0.15, -0.1) is 0 Å². The molecular formula is C32H41N5O3. The van der Waals surface area contributed by atoms with E-state index in [2.05, 4.69) is 73.1 Å². The molecule has 8 heteroatoms. The molecule has 3 heterocycles. The Labute approximate surface area is 237 Å². The van der Waals surface area contributed by atoms with E-state index in [-0.39, 0.29) is 11.3 Å². The monoisotopic (exact) mass is 543 g/mol. The van der Waals surface area contributed by atoms with Gasteiger partial charge in [0.15, 0.2) is 0 Å². The van der Waals surface area contributed by atoms with E-state index < -0.39 is 0 Å². The maximum Gasteiger partial charge on any atom is 0.254 e. The largest absolute Gasteiger partial charge is 0.497 e. The van der Waals surface area contributed by atoms with Gasteiger partial charge in [0.1, 0.15) is 17.4 Å². The fourth-order valence-electron chi connectivity index (χ4n) is 5.16. The molecule has 0 unspecified atom stereocenters. The summed E-state index contributed by atoms with van der Waals surface area (Å²) >= 11 is 0. The number of benzene rings is 2. The number of methoxy groups -OCH3 is 1. The number of rotatable bonds is 6. The van der Waals surface area contributed by atoms with Gasteiger partial charge in [0.2, 0.25) is 0 Å². The van der Waals surface area contributed by atoms with Crippen LogP contribution in [0, 0.1) is 6.92 Å². The van der Waals surface area contributed by atoms with Crippen LogP contribution >= 0.6 is 0 Å². The lowest BCUT2D eigenvalue weighted by Gasteiger charge is -2.37. The summed E-state index contributed by atoms with van der Waals surface area (Å²) in [4.78, 5) is 25.1. The molecule has 0 aliphatic carbocycles. The molecule has 0 radical (unpaired) electrons. The van der Waals surface area contributed by atoms with Gasteiger partial charge in [0, 0.05) is 56.2 Å². The molecule has 0 spiro atoms. The Bertz CT molecular complexity index is 1320. The smallest absolute Gasteiger partial charge is 0.254 e. The molecule has 2 aliphatic heterocycles. The molecule has 0 saturated carbocycles. The third kappa shape index (κ3) is 6.33. The van der Waals surface area contributed by atoms with Crippen molar-refractivity contribution in [1.29, 1.82) is 0 Å². The SMILES string of the molecule is COc1ccc(N2CCN(c3cc(C(=O)N4CCOCC4)cc(Nc4cc(C(C)(C)C)ccc4C)n3)CC2)cc1. The van der Waals surface area contributed by atoms with Crippen LogP contribution in [0.25, 0.3) is 0 Å². The molecule has 2 aromatic carbocycles. The van der Waals surface area contributed by atoms with Gasteiger partial charge in [-0.1, -0.05) is 32.9 Å². The van der Waals surface area contributed by atoms with Gasteiger partial charge in [-0.25, -0.2) is 4.98 Å². The predicted molar refractivity (Wildman–Crippen MR) is 162 cm³/mol. The highest BCUT2D eigenvalue weighted by Gasteiger charge is 2.24. The van der Waals surface area contributed by atoms with E-state index in [1.807, 2.05) is 29.2 Å². The zero-order valence-corrected chi connectivity index (χ0v) is 24.4. The molecule has 8 nitrogen and oxygen atoms in total. The van der Waals surface area contributed by atoms with E-state index >= 15 is 0 Å². The van der Waals surface area contributed by atoms with Gasteiger partial charge in [-0.3, -0.25) is 4.79 Å². The van der Waals surface area contributed by atoms with Crippen molar-refractivity contribution in [2.45, 2.75) is 33.1 Å². The van der Waals surface area contributed by atoms with Crippen molar-refractivity contribution in [3.05, 3.63) is 71.3 Å². The van der Waals surface area contributed by atoms with Gasteiger partial charge < -0.3 is 29.5 Å². The minimum absolute atomic E-state index is 0.0204. The first kappa shape index (κ1) is 27.8. The van der Waals surface area contributed by atoms with E-state index in [1.54, 1.807) is 7.11 Å². The quantitative estimate of drug-likeness (QED) is 0.456. The molecule has 40 heavy (non-hydrogen) atoms. The van der Waals surface area contributed by atoms with Crippen molar-refractivity contribution in [2.24, 2.45) is 0 Å². The standard InChI is InChI=1S/C32H41N5O3/c1-23-6-7-25(32(2,3)4)22-28(23)33-29-20-24(31(38)37-16-18-40-19-17-37)21-30(34-29)36-14-12-35(13-15-36)26-8-10-27(39-5)11-9-26/h6-11,20-22H,12-19H2,1-5H3,(H,33,34). The Morgan fingerprint density at radius 3 is 2.23 bits per heavy atom. The minimum atomic E-state index is 0.0204. The summed E-state index contributed by atoms with van der Waals surface area (Å²) < 4.78 is 10.8. The number of ether oxygens (including phenoxy) is 2. The maximum absolute atomic E-state index is 13.6. The highest BCUT2D eigenvalue weighted by atomic mass is 16.5. The third-order valence-electron chi connectivity index (χ3n) is 7.76. The van der Waals surface area contributed by atoms with Crippen LogP contribution in [0.15, 0.2) is 54.6 Å². The van der Waals surface area contributed by atoms with Gasteiger partial charge >= 0.3 is 0 Å². The number of hydrogen-bond donors (Lipinski definition) is 1. The first-order chi connectivity index (χ1) is 19.2. The molecule has 1 N–H and O–H groups in total. The number of amides is 1. The number of carbonyl (C=O) groups is 1. The summed E-state index contributed by atoms with van der Waals surface area (Å²) in [7, 11) is 1.68. The van der Waals surface area contributed by atoms with Crippen LogP contribution in [0.1, 0.15) is 42.3 Å². The van der Waals surface area contributed by atoms with Crippen LogP contribution in [0.5, 0.6) is 5.75 Å². The second kappa shape index (κ2) is 11.8. The number of aryl methyl sites for hydroxylation is 1. The molecule has 0 bridgehead atoms. The average molecular weight is 544 g/mol. The summed E-state index contributed by atoms with van der Waals surface area (Å²) in [5.41, 5.74) is 5.25. The van der Waals surface area contributed by atoms with Crippen molar-refractivity contribution >= 4 is 28.9 Å². The van der Waals surface area contributed by atoms with Gasteiger partial charge in [-0.05, 0) is 65.9 Å². The molecule has 212 valence electrons. The molecule has 1 amide bonds. The number of morpholine rings is 1. The van der Waals surface area contributed by atoms with E-state index in [9.17, 15) is 4.79 Å². The van der Waals surface area contributed by atoms with E-state index in [4.69, 9.17) is 14.5 Å². The highest BCUT2D eigenvalue weighted by Crippen LogP contribution is 2.30. The lowest BCUT2D eigenvalue weighted by Crippen LogP contribution is -2.47. The number of pyridine rings is 1. The molecule has 3 aromatic rings. The number of carbonyl (C=O) groups excluding carboxylic acids is 1. The van der Waals surface area contributed by atoms with Crippen LogP contribution in [0.2, 0.25) is 0 Å². The van der Waals surface area contributed by atoms with Crippen LogP contribution in [-0.4, -0.2) is 75.4 Å². The van der Waals surface area contributed by atoms with Crippen LogP contribution in [0.3, 0.4) is 0 Å². The highest BCUT2D eigenvalue weighted by molar-refractivity contribution is 5.96. The number of hydrogen-bond acceptors (Lipinski definition) is 7. The van der Waals surface area contributed by atoms with Gasteiger partial charge in [0.25, 0.3) is 5.91 Å². The van der Waals surface area contributed by atoms with Crippen molar-refractivity contribution in [1.82, 2.24) is 9.88 Å². The van der Waals surface area contributed by atoms with E-state index in [0.717, 1.165) is 49.0 Å². The van der Waals surface area contributed by atoms with Crippen LogP contribution < -0.4 is 19.9 Å². The molecular weight excluding hydrogens is 502 g/mol. The number of piperazine rings is 1. The normalized spacial score (nSPS) is 16.2. The Morgan fingerprint density at radius 2 is 1.57 bits per heavy atom. The summed E-state index contributed by atoms with van der Waals surface area (Å²) in [6, 6.07) is 18.6. The third-order valence-corrected chi connectivity index (χ3v) is 7.76. The van der Waals surface area contributed by atoms with Crippen molar-refractivity contribution in [2.75, 3.05) is 74.7 Å². The molecule has 1 aromatic heterocycles. The topological polar surface area (TPSA) is 70.2 Å². The van der Waals surface area contributed by atoms with Crippen molar-refractivity contribution < 1.29 is 14.3 Å². The minimum Gasteiger partial charge on any atom is -0.497 e. The van der Waals surface area contributed by atoms with Crippen molar-refractivity contribution in [3.8, 4) is 5.75 Å². The summed E-state index contributed by atoms with van der Waals surface area (Å²) in [5.74, 6) is 2.38. The second-order valence-electron chi connectivity index (χ2n) is 11.6. The molecule has 2 aliphatic rings. The second-order valence-corrected chi connectivity index (χ2v) is 11.6. The van der Waals surface area contributed by atoms with Gasteiger partial charge in [0.05, 0.1) is 20.3 Å². The first-order valence-electron chi connectivity index (χ1n) is 14.1. The van der Waals surface area contributed by atoms with E-state index in [0.29, 0.717) is 37.7 Å². The fourth-order valence-corrected chi connectivity index (χ4v) is 5.16. The lowest BCUT2D eigenvalue weighted by atomic mass is 9.86.